The zero-order valence-electron chi connectivity index (χ0n) is 12.9. The van der Waals surface area contributed by atoms with Crippen molar-refractivity contribution in [3.05, 3.63) is 64.1 Å². The molecule has 112 valence electrons. The van der Waals surface area contributed by atoms with E-state index in [1.165, 1.54) is 16.8 Å². The highest BCUT2D eigenvalue weighted by Crippen LogP contribution is 2.26. The number of benzene rings is 2. The molecule has 0 bridgehead atoms. The van der Waals surface area contributed by atoms with Crippen LogP contribution in [0, 0.1) is 0 Å². The van der Waals surface area contributed by atoms with Crippen LogP contribution < -0.4 is 10.2 Å². The highest BCUT2D eigenvalue weighted by Gasteiger charge is 2.12. The molecule has 0 aliphatic rings. The predicted octanol–water partition coefficient (Wildman–Crippen LogP) is 4.58. The molecular formula is C18H23BrN2. The molecule has 0 spiro atoms. The van der Waals surface area contributed by atoms with Crippen LogP contribution in [0.4, 0.5) is 5.69 Å². The van der Waals surface area contributed by atoms with E-state index in [-0.39, 0.29) is 0 Å². The molecule has 0 saturated carbocycles. The molecule has 0 aliphatic carbocycles. The maximum Gasteiger partial charge on any atom is 0.0432 e. The number of halogens is 1. The minimum Gasteiger partial charge on any atom is -0.365 e. The number of hydrogen-bond acceptors (Lipinski definition) is 2. The fourth-order valence-corrected chi connectivity index (χ4v) is 2.91. The van der Waals surface area contributed by atoms with E-state index < -0.39 is 0 Å². The first kappa shape index (κ1) is 16.1. The summed E-state index contributed by atoms with van der Waals surface area (Å²) in [7, 11) is 1.97. The van der Waals surface area contributed by atoms with E-state index in [0.29, 0.717) is 6.04 Å². The Morgan fingerprint density at radius 3 is 2.38 bits per heavy atom. The van der Waals surface area contributed by atoms with Crippen LogP contribution in [0.15, 0.2) is 53.0 Å². The molecule has 0 unspecified atom stereocenters. The average Bonchev–Trinajstić information content (AvgIpc) is 2.48. The third-order valence-corrected chi connectivity index (χ3v) is 4.29. The van der Waals surface area contributed by atoms with Gasteiger partial charge >= 0.3 is 0 Å². The van der Waals surface area contributed by atoms with Crippen LogP contribution >= 0.6 is 15.9 Å². The van der Waals surface area contributed by atoms with Gasteiger partial charge in [-0.3, -0.25) is 0 Å². The number of nitrogens with zero attached hydrogens (tertiary/aromatic N) is 1. The topological polar surface area (TPSA) is 15.3 Å². The SMILES string of the molecule is CNCc1ccc(N(Cc2ccccc2)C(C)C)cc1Br. The molecule has 0 fully saturated rings. The van der Waals surface area contributed by atoms with Crippen molar-refractivity contribution in [2.75, 3.05) is 11.9 Å². The second kappa shape index (κ2) is 7.62. The highest BCUT2D eigenvalue weighted by molar-refractivity contribution is 9.10. The van der Waals surface area contributed by atoms with E-state index >= 15 is 0 Å². The number of anilines is 1. The maximum absolute atomic E-state index is 3.68. The van der Waals surface area contributed by atoms with E-state index in [9.17, 15) is 0 Å². The summed E-state index contributed by atoms with van der Waals surface area (Å²) < 4.78 is 1.16. The van der Waals surface area contributed by atoms with Gasteiger partial charge in [-0.15, -0.1) is 0 Å². The van der Waals surface area contributed by atoms with E-state index in [1.54, 1.807) is 0 Å². The summed E-state index contributed by atoms with van der Waals surface area (Å²) in [4.78, 5) is 2.42. The summed E-state index contributed by atoms with van der Waals surface area (Å²) in [5.41, 5.74) is 3.87. The second-order valence-corrected chi connectivity index (χ2v) is 6.37. The molecule has 2 rings (SSSR count). The lowest BCUT2D eigenvalue weighted by Gasteiger charge is -2.29. The molecule has 2 nitrogen and oxygen atoms in total. The van der Waals surface area contributed by atoms with Gasteiger partial charge in [-0.1, -0.05) is 52.3 Å². The van der Waals surface area contributed by atoms with Crippen LogP contribution in [-0.2, 0) is 13.1 Å². The molecule has 0 aromatic heterocycles. The molecular weight excluding hydrogens is 324 g/mol. The summed E-state index contributed by atoms with van der Waals surface area (Å²) in [6.45, 7) is 6.27. The van der Waals surface area contributed by atoms with Crippen LogP contribution in [0.3, 0.4) is 0 Å². The first-order chi connectivity index (χ1) is 10.1. The molecule has 0 aliphatic heterocycles. The fourth-order valence-electron chi connectivity index (χ4n) is 2.40. The zero-order chi connectivity index (χ0) is 15.2. The first-order valence-corrected chi connectivity index (χ1v) is 8.14. The lowest BCUT2D eigenvalue weighted by Crippen LogP contribution is -2.30. The largest absolute Gasteiger partial charge is 0.365 e. The van der Waals surface area contributed by atoms with Crippen LogP contribution in [0.2, 0.25) is 0 Å². The number of hydrogen-bond donors (Lipinski definition) is 1. The van der Waals surface area contributed by atoms with Crippen molar-refractivity contribution in [3.63, 3.8) is 0 Å². The standard InChI is InChI=1S/C18H23BrN2/c1-14(2)21(13-15-7-5-4-6-8-15)17-10-9-16(12-20-3)18(19)11-17/h4-11,14,20H,12-13H2,1-3H3. The van der Waals surface area contributed by atoms with E-state index in [2.05, 4.69) is 88.5 Å². The normalized spacial score (nSPS) is 10.9. The summed E-state index contributed by atoms with van der Waals surface area (Å²) in [6, 6.07) is 17.7. The third kappa shape index (κ3) is 4.32. The Labute approximate surface area is 136 Å². The monoisotopic (exact) mass is 346 g/mol. The zero-order valence-corrected chi connectivity index (χ0v) is 14.5. The molecule has 0 heterocycles. The van der Waals surface area contributed by atoms with Gasteiger partial charge in [0, 0.05) is 29.3 Å². The lowest BCUT2D eigenvalue weighted by molar-refractivity contribution is 0.682. The minimum absolute atomic E-state index is 0.451. The van der Waals surface area contributed by atoms with Crippen molar-refractivity contribution < 1.29 is 0 Å². The van der Waals surface area contributed by atoms with Gasteiger partial charge in [0.2, 0.25) is 0 Å². The molecule has 21 heavy (non-hydrogen) atoms. The maximum atomic E-state index is 3.68. The van der Waals surface area contributed by atoms with E-state index in [1.807, 2.05) is 7.05 Å². The Balaban J connectivity index is 2.24. The Morgan fingerprint density at radius 1 is 1.10 bits per heavy atom. The van der Waals surface area contributed by atoms with Crippen LogP contribution in [-0.4, -0.2) is 13.1 Å². The molecule has 1 N–H and O–H groups in total. The van der Waals surface area contributed by atoms with Crippen LogP contribution in [0.1, 0.15) is 25.0 Å². The summed E-state index contributed by atoms with van der Waals surface area (Å²) >= 11 is 3.68. The molecule has 0 radical (unpaired) electrons. The van der Waals surface area contributed by atoms with Crippen molar-refractivity contribution in [2.45, 2.75) is 33.0 Å². The third-order valence-electron chi connectivity index (χ3n) is 3.55. The van der Waals surface area contributed by atoms with Crippen LogP contribution in [0.25, 0.3) is 0 Å². The average molecular weight is 347 g/mol. The molecule has 2 aromatic rings. The quantitative estimate of drug-likeness (QED) is 0.823. The van der Waals surface area contributed by atoms with Crippen molar-refractivity contribution >= 4 is 21.6 Å². The van der Waals surface area contributed by atoms with Gasteiger partial charge in [0.05, 0.1) is 0 Å². The van der Waals surface area contributed by atoms with Crippen molar-refractivity contribution in [3.8, 4) is 0 Å². The Morgan fingerprint density at radius 2 is 1.81 bits per heavy atom. The van der Waals surface area contributed by atoms with Crippen molar-refractivity contribution in [1.82, 2.24) is 5.32 Å². The Hall–Kier alpha value is -1.32. The lowest BCUT2D eigenvalue weighted by atomic mass is 10.1. The van der Waals surface area contributed by atoms with Crippen molar-refractivity contribution in [2.24, 2.45) is 0 Å². The number of rotatable bonds is 6. The second-order valence-electron chi connectivity index (χ2n) is 5.51. The highest BCUT2D eigenvalue weighted by atomic mass is 79.9. The molecule has 3 heteroatoms. The minimum atomic E-state index is 0.451. The number of nitrogens with one attached hydrogen (secondary N) is 1. The molecule has 2 aromatic carbocycles. The van der Waals surface area contributed by atoms with E-state index in [4.69, 9.17) is 0 Å². The van der Waals surface area contributed by atoms with Crippen molar-refractivity contribution in [1.29, 1.82) is 0 Å². The predicted molar refractivity (Wildman–Crippen MR) is 94.7 cm³/mol. The van der Waals surface area contributed by atoms with Crippen LogP contribution in [0.5, 0.6) is 0 Å². The van der Waals surface area contributed by atoms with Gasteiger partial charge in [0.25, 0.3) is 0 Å². The van der Waals surface area contributed by atoms with Gasteiger partial charge in [0.15, 0.2) is 0 Å². The van der Waals surface area contributed by atoms with Gasteiger partial charge < -0.3 is 10.2 Å². The first-order valence-electron chi connectivity index (χ1n) is 7.35. The molecule has 0 atom stereocenters. The van der Waals surface area contributed by atoms with Gasteiger partial charge in [0.1, 0.15) is 0 Å². The fraction of sp³-hybridized carbons (Fsp3) is 0.333. The molecule has 0 saturated heterocycles. The summed E-state index contributed by atoms with van der Waals surface area (Å²) in [5, 5.41) is 3.19. The van der Waals surface area contributed by atoms with Gasteiger partial charge in [-0.05, 0) is 44.2 Å². The summed E-state index contributed by atoms with van der Waals surface area (Å²) in [6.07, 6.45) is 0. The Bertz CT molecular complexity index is 567. The molecule has 0 amide bonds. The Kier molecular flexibility index (Phi) is 5.83. The van der Waals surface area contributed by atoms with E-state index in [0.717, 1.165) is 17.6 Å². The van der Waals surface area contributed by atoms with Gasteiger partial charge in [-0.2, -0.15) is 0 Å². The summed E-state index contributed by atoms with van der Waals surface area (Å²) in [5.74, 6) is 0. The van der Waals surface area contributed by atoms with Gasteiger partial charge in [-0.25, -0.2) is 0 Å². The smallest absolute Gasteiger partial charge is 0.0432 e.